The van der Waals surface area contributed by atoms with Crippen LogP contribution in [-0.2, 0) is 0 Å². The Kier molecular flexibility index (Phi) is 6.25. The molecule has 1 nitrogen and oxygen atoms in total. The van der Waals surface area contributed by atoms with E-state index in [0.29, 0.717) is 0 Å². The van der Waals surface area contributed by atoms with Gasteiger partial charge in [-0.15, -0.1) is 0 Å². The Bertz CT molecular complexity index is 2760. The summed E-state index contributed by atoms with van der Waals surface area (Å²) in [6, 6.07) is 68.7. The van der Waals surface area contributed by atoms with Gasteiger partial charge in [0.2, 0.25) is 0 Å². The standard InChI is InChI=1S/C48H31N/c1-2-17-37-32(13-1)14-12-24-38(37)33-27-29-34(30-28-33)47-41-20-3-5-22-43(41)48(44-23-6-4-21-42(44)47)35-15-11-16-36(31-35)49-45-25-9-7-18-39(45)40-19-8-10-26-46(40)49/h1-31H. The molecule has 10 aromatic rings. The van der Waals surface area contributed by atoms with Crippen LogP contribution in [0, 0.1) is 0 Å². The van der Waals surface area contributed by atoms with Crippen molar-refractivity contribution in [3.63, 3.8) is 0 Å². The summed E-state index contributed by atoms with van der Waals surface area (Å²) in [6.45, 7) is 0. The lowest BCUT2D eigenvalue weighted by Crippen LogP contribution is -1.95. The van der Waals surface area contributed by atoms with E-state index in [0.717, 1.165) is 5.69 Å². The fourth-order valence-electron chi connectivity index (χ4n) is 8.05. The predicted octanol–water partition coefficient (Wildman–Crippen LogP) is 13.2. The van der Waals surface area contributed by atoms with Crippen molar-refractivity contribution in [1.29, 1.82) is 0 Å². The molecule has 0 bridgehead atoms. The van der Waals surface area contributed by atoms with E-state index < -0.39 is 0 Å². The van der Waals surface area contributed by atoms with Crippen molar-refractivity contribution in [2.75, 3.05) is 0 Å². The lowest BCUT2D eigenvalue weighted by Gasteiger charge is -2.19. The minimum Gasteiger partial charge on any atom is -0.309 e. The monoisotopic (exact) mass is 621 g/mol. The molecule has 0 N–H and O–H groups in total. The summed E-state index contributed by atoms with van der Waals surface area (Å²) in [7, 11) is 0. The molecule has 0 saturated carbocycles. The van der Waals surface area contributed by atoms with Gasteiger partial charge in [0.15, 0.2) is 0 Å². The number of hydrogen-bond donors (Lipinski definition) is 0. The highest BCUT2D eigenvalue weighted by atomic mass is 15.0. The first-order valence-corrected chi connectivity index (χ1v) is 16.9. The molecule has 0 fully saturated rings. The molecule has 10 rings (SSSR count). The fourth-order valence-corrected chi connectivity index (χ4v) is 8.05. The van der Waals surface area contributed by atoms with Gasteiger partial charge in [-0.2, -0.15) is 0 Å². The van der Waals surface area contributed by atoms with E-state index >= 15 is 0 Å². The molecule has 228 valence electrons. The SMILES string of the molecule is c1cc(-c2c3ccccc3c(-c3ccc(-c4cccc5ccccc45)cc3)c3ccccc23)cc(-n2c3ccccc3c3ccccc32)c1. The molecule has 49 heavy (non-hydrogen) atoms. The van der Waals surface area contributed by atoms with Gasteiger partial charge in [0.05, 0.1) is 11.0 Å². The topological polar surface area (TPSA) is 4.93 Å². The lowest BCUT2D eigenvalue weighted by atomic mass is 9.85. The van der Waals surface area contributed by atoms with Crippen LogP contribution in [-0.4, -0.2) is 4.57 Å². The van der Waals surface area contributed by atoms with Crippen LogP contribution in [0.2, 0.25) is 0 Å². The number of aromatic nitrogens is 1. The number of para-hydroxylation sites is 2. The molecule has 1 heterocycles. The molecule has 1 aromatic heterocycles. The Morgan fingerprint density at radius 3 is 1.35 bits per heavy atom. The molecule has 0 saturated heterocycles. The maximum atomic E-state index is 2.41. The smallest absolute Gasteiger partial charge is 0.0541 e. The molecule has 0 radical (unpaired) electrons. The molecule has 0 aliphatic heterocycles. The minimum atomic E-state index is 1.16. The maximum absolute atomic E-state index is 2.41. The zero-order valence-electron chi connectivity index (χ0n) is 26.8. The Hall–Kier alpha value is -6.44. The van der Waals surface area contributed by atoms with E-state index in [1.807, 2.05) is 0 Å². The van der Waals surface area contributed by atoms with Crippen molar-refractivity contribution in [2.45, 2.75) is 0 Å². The second-order valence-electron chi connectivity index (χ2n) is 12.9. The first kappa shape index (κ1) is 27.7. The summed E-state index contributed by atoms with van der Waals surface area (Å²) < 4.78 is 2.41. The van der Waals surface area contributed by atoms with Crippen LogP contribution < -0.4 is 0 Å². The van der Waals surface area contributed by atoms with Gasteiger partial charge >= 0.3 is 0 Å². The maximum Gasteiger partial charge on any atom is 0.0541 e. The third-order valence-electron chi connectivity index (χ3n) is 10.2. The van der Waals surface area contributed by atoms with Crippen molar-refractivity contribution < 1.29 is 0 Å². The van der Waals surface area contributed by atoms with Crippen LogP contribution in [0.3, 0.4) is 0 Å². The van der Waals surface area contributed by atoms with Crippen LogP contribution in [0.5, 0.6) is 0 Å². The first-order chi connectivity index (χ1) is 24.3. The molecule has 1 heteroatoms. The molecule has 0 aliphatic carbocycles. The number of hydrogen-bond acceptors (Lipinski definition) is 0. The van der Waals surface area contributed by atoms with Crippen molar-refractivity contribution in [3.8, 4) is 39.1 Å². The van der Waals surface area contributed by atoms with Gasteiger partial charge in [-0.1, -0.05) is 164 Å². The summed E-state index contributed by atoms with van der Waals surface area (Å²) in [5.41, 5.74) is 11.1. The van der Waals surface area contributed by atoms with E-state index in [-0.39, 0.29) is 0 Å². The third-order valence-corrected chi connectivity index (χ3v) is 10.2. The summed E-state index contributed by atoms with van der Waals surface area (Å²) in [5, 5.41) is 10.1. The van der Waals surface area contributed by atoms with E-state index in [2.05, 4.69) is 193 Å². The number of benzene rings is 9. The molecule has 0 spiro atoms. The van der Waals surface area contributed by atoms with E-state index in [1.54, 1.807) is 0 Å². The molecule has 0 atom stereocenters. The number of fused-ring (bicyclic) bond motifs is 6. The largest absolute Gasteiger partial charge is 0.309 e. The van der Waals surface area contributed by atoms with E-state index in [9.17, 15) is 0 Å². The zero-order chi connectivity index (χ0) is 32.3. The second-order valence-corrected chi connectivity index (χ2v) is 12.9. The van der Waals surface area contributed by atoms with Gasteiger partial charge in [0.25, 0.3) is 0 Å². The van der Waals surface area contributed by atoms with E-state index in [1.165, 1.54) is 87.5 Å². The average Bonchev–Trinajstić information content (AvgIpc) is 3.51. The first-order valence-electron chi connectivity index (χ1n) is 16.9. The Balaban J connectivity index is 1.18. The highest BCUT2D eigenvalue weighted by Crippen LogP contribution is 2.44. The van der Waals surface area contributed by atoms with Gasteiger partial charge in [0.1, 0.15) is 0 Å². The van der Waals surface area contributed by atoms with Crippen LogP contribution in [0.25, 0.3) is 93.2 Å². The highest BCUT2D eigenvalue weighted by Gasteiger charge is 2.18. The Labute approximate surface area is 284 Å². The number of rotatable bonds is 4. The van der Waals surface area contributed by atoms with Gasteiger partial charge in [-0.3, -0.25) is 0 Å². The quantitative estimate of drug-likeness (QED) is 0.172. The van der Waals surface area contributed by atoms with Crippen molar-refractivity contribution in [3.05, 3.63) is 188 Å². The molecular formula is C48H31N. The molecule has 0 unspecified atom stereocenters. The summed E-state index contributed by atoms with van der Waals surface area (Å²) in [6.07, 6.45) is 0. The van der Waals surface area contributed by atoms with Crippen LogP contribution in [0.1, 0.15) is 0 Å². The molecule has 0 amide bonds. The normalized spacial score (nSPS) is 11.7. The second kappa shape index (κ2) is 11.1. The van der Waals surface area contributed by atoms with Gasteiger partial charge in [0, 0.05) is 16.5 Å². The average molecular weight is 622 g/mol. The zero-order valence-corrected chi connectivity index (χ0v) is 26.8. The number of nitrogens with zero attached hydrogens (tertiary/aromatic N) is 1. The van der Waals surface area contributed by atoms with Crippen LogP contribution in [0.15, 0.2) is 188 Å². The van der Waals surface area contributed by atoms with Crippen molar-refractivity contribution >= 4 is 54.1 Å². The Morgan fingerprint density at radius 2 is 0.735 bits per heavy atom. The van der Waals surface area contributed by atoms with Crippen LogP contribution in [0.4, 0.5) is 0 Å². The predicted molar refractivity (Wildman–Crippen MR) is 210 cm³/mol. The lowest BCUT2D eigenvalue weighted by molar-refractivity contribution is 1.18. The fraction of sp³-hybridized carbons (Fsp3) is 0. The Morgan fingerprint density at radius 1 is 0.286 bits per heavy atom. The molecule has 0 aliphatic rings. The van der Waals surface area contributed by atoms with Crippen molar-refractivity contribution in [2.24, 2.45) is 0 Å². The van der Waals surface area contributed by atoms with Gasteiger partial charge in [-0.25, -0.2) is 0 Å². The van der Waals surface area contributed by atoms with Gasteiger partial charge in [-0.05, 0) is 90.0 Å². The summed E-state index contributed by atoms with van der Waals surface area (Å²) >= 11 is 0. The molecular weight excluding hydrogens is 591 g/mol. The summed E-state index contributed by atoms with van der Waals surface area (Å²) in [4.78, 5) is 0. The van der Waals surface area contributed by atoms with E-state index in [4.69, 9.17) is 0 Å². The molecule has 9 aromatic carbocycles. The van der Waals surface area contributed by atoms with Crippen molar-refractivity contribution in [1.82, 2.24) is 4.57 Å². The summed E-state index contributed by atoms with van der Waals surface area (Å²) in [5.74, 6) is 0. The van der Waals surface area contributed by atoms with Crippen LogP contribution >= 0.6 is 0 Å². The minimum absolute atomic E-state index is 1.16. The highest BCUT2D eigenvalue weighted by molar-refractivity contribution is 6.21. The third kappa shape index (κ3) is 4.33. The van der Waals surface area contributed by atoms with Gasteiger partial charge < -0.3 is 4.57 Å².